The van der Waals surface area contributed by atoms with Crippen molar-refractivity contribution in [1.29, 1.82) is 0 Å². The van der Waals surface area contributed by atoms with Crippen molar-refractivity contribution in [2.24, 2.45) is 0 Å². The molecule has 2 heterocycles. The fourth-order valence-electron chi connectivity index (χ4n) is 2.60. The van der Waals surface area contributed by atoms with Gasteiger partial charge in [-0.15, -0.1) is 0 Å². The molecule has 1 amide bonds. The van der Waals surface area contributed by atoms with E-state index in [0.717, 1.165) is 16.5 Å². The second-order valence-corrected chi connectivity index (χ2v) is 5.99. The van der Waals surface area contributed by atoms with E-state index in [9.17, 15) is 14.4 Å². The van der Waals surface area contributed by atoms with Gasteiger partial charge in [0, 0.05) is 6.20 Å². The van der Waals surface area contributed by atoms with E-state index in [1.807, 2.05) is 6.92 Å². The highest BCUT2D eigenvalue weighted by Gasteiger charge is 2.15. The number of carbonyl (C=O) groups is 1. The zero-order valence-corrected chi connectivity index (χ0v) is 15.8. The van der Waals surface area contributed by atoms with Crippen LogP contribution in [0, 0.1) is 0 Å². The molecule has 3 aromatic rings. The van der Waals surface area contributed by atoms with Gasteiger partial charge in [-0.25, -0.2) is 4.79 Å². The summed E-state index contributed by atoms with van der Waals surface area (Å²) in [6.07, 6.45) is 2.54. The number of aromatic amines is 1. The molecule has 0 fully saturated rings. The zero-order valence-electron chi connectivity index (χ0n) is 15.8. The first-order valence-electron chi connectivity index (χ1n) is 9.07. The van der Waals surface area contributed by atoms with Gasteiger partial charge in [-0.1, -0.05) is 0 Å². The summed E-state index contributed by atoms with van der Waals surface area (Å²) in [4.78, 5) is 39.1. The number of furan rings is 1. The number of H-pyrrole nitrogens is 1. The van der Waals surface area contributed by atoms with E-state index in [4.69, 9.17) is 13.9 Å². The number of nitrogens with zero attached hydrogens (tertiary/aromatic N) is 1. The Morgan fingerprint density at radius 1 is 1.14 bits per heavy atom. The molecule has 0 radical (unpaired) electrons. The molecule has 9 heteroatoms. The summed E-state index contributed by atoms with van der Waals surface area (Å²) >= 11 is 0. The predicted molar refractivity (Wildman–Crippen MR) is 105 cm³/mol. The number of rotatable bonds is 9. The van der Waals surface area contributed by atoms with Gasteiger partial charge in [-0.3, -0.25) is 14.2 Å². The van der Waals surface area contributed by atoms with Crippen molar-refractivity contribution in [2.45, 2.75) is 13.5 Å². The number of hydrogen-bond donors (Lipinski definition) is 2. The Morgan fingerprint density at radius 2 is 1.86 bits per heavy atom. The molecule has 0 aliphatic carbocycles. The smallest absolute Gasteiger partial charge is 0.328 e. The van der Waals surface area contributed by atoms with Gasteiger partial charge in [0.1, 0.15) is 29.4 Å². The quantitative estimate of drug-likeness (QED) is 0.526. The molecule has 152 valence electrons. The summed E-state index contributed by atoms with van der Waals surface area (Å²) in [6, 6.07) is 10.4. The fourth-order valence-corrected chi connectivity index (χ4v) is 2.60. The molecule has 0 atom stereocenters. The van der Waals surface area contributed by atoms with Gasteiger partial charge in [0.25, 0.3) is 11.5 Å². The van der Waals surface area contributed by atoms with Gasteiger partial charge in [-0.05, 0) is 43.3 Å². The molecule has 0 aliphatic rings. The second-order valence-electron chi connectivity index (χ2n) is 5.99. The van der Waals surface area contributed by atoms with Crippen LogP contribution in [-0.4, -0.2) is 35.2 Å². The average Bonchev–Trinajstić information content (AvgIpc) is 3.23. The van der Waals surface area contributed by atoms with Crippen molar-refractivity contribution < 1.29 is 18.7 Å². The minimum absolute atomic E-state index is 0.0663. The maximum absolute atomic E-state index is 12.5. The van der Waals surface area contributed by atoms with E-state index in [0.29, 0.717) is 18.1 Å². The zero-order chi connectivity index (χ0) is 20.6. The van der Waals surface area contributed by atoms with Crippen LogP contribution in [0.3, 0.4) is 0 Å². The molecule has 3 rings (SSSR count). The Hall–Kier alpha value is -3.75. The Bertz CT molecular complexity index is 1050. The number of carbonyl (C=O) groups excluding carboxylic acids is 1. The topological polar surface area (TPSA) is 116 Å². The van der Waals surface area contributed by atoms with Crippen LogP contribution in [0.1, 0.15) is 23.0 Å². The van der Waals surface area contributed by atoms with Crippen molar-refractivity contribution >= 4 is 5.91 Å². The van der Waals surface area contributed by atoms with Gasteiger partial charge in [0.05, 0.1) is 26.0 Å². The third-order valence-corrected chi connectivity index (χ3v) is 3.99. The number of amides is 1. The van der Waals surface area contributed by atoms with Crippen LogP contribution in [0.25, 0.3) is 0 Å². The molecule has 29 heavy (non-hydrogen) atoms. The summed E-state index contributed by atoms with van der Waals surface area (Å²) in [5, 5.41) is 2.60. The van der Waals surface area contributed by atoms with Crippen molar-refractivity contribution in [3.8, 4) is 11.5 Å². The molecular weight excluding hydrogens is 378 g/mol. The van der Waals surface area contributed by atoms with Gasteiger partial charge in [-0.2, -0.15) is 0 Å². The molecular formula is C20H21N3O6. The van der Waals surface area contributed by atoms with Crippen LogP contribution in [0.2, 0.25) is 0 Å². The minimum atomic E-state index is -0.699. The molecule has 0 spiro atoms. The maximum atomic E-state index is 12.5. The normalized spacial score (nSPS) is 10.5. The van der Waals surface area contributed by atoms with Crippen molar-refractivity contribution in [3.05, 3.63) is 81.0 Å². The molecule has 0 saturated carbocycles. The molecule has 0 aliphatic heterocycles. The van der Waals surface area contributed by atoms with Crippen LogP contribution < -0.4 is 26.0 Å². The van der Waals surface area contributed by atoms with Crippen molar-refractivity contribution in [3.63, 3.8) is 0 Å². The molecule has 0 bridgehead atoms. The largest absolute Gasteiger partial charge is 0.494 e. The third kappa shape index (κ3) is 5.16. The van der Waals surface area contributed by atoms with E-state index in [1.165, 1.54) is 6.26 Å². The first-order chi connectivity index (χ1) is 14.1. The Morgan fingerprint density at radius 3 is 2.52 bits per heavy atom. The summed E-state index contributed by atoms with van der Waals surface area (Å²) < 4.78 is 17.0. The number of aromatic nitrogens is 2. The van der Waals surface area contributed by atoms with Gasteiger partial charge in [0.15, 0.2) is 0 Å². The van der Waals surface area contributed by atoms with E-state index in [-0.39, 0.29) is 25.3 Å². The molecule has 0 saturated heterocycles. The fraction of sp³-hybridized carbons (Fsp3) is 0.250. The highest BCUT2D eigenvalue weighted by molar-refractivity contribution is 5.93. The SMILES string of the molecule is CCOc1ccc(OCCNC(=O)c2c[nH]c(=O)n(Cc3ccco3)c2=O)cc1. The maximum Gasteiger partial charge on any atom is 0.328 e. The highest BCUT2D eigenvalue weighted by atomic mass is 16.5. The summed E-state index contributed by atoms with van der Waals surface area (Å²) in [5.41, 5.74) is -1.49. The third-order valence-electron chi connectivity index (χ3n) is 3.99. The first kappa shape index (κ1) is 20.0. The lowest BCUT2D eigenvalue weighted by Gasteiger charge is -2.09. The molecule has 1 aromatic carbocycles. The summed E-state index contributed by atoms with van der Waals surface area (Å²) in [7, 11) is 0. The van der Waals surface area contributed by atoms with Crippen LogP contribution in [0.15, 0.2) is 62.9 Å². The van der Waals surface area contributed by atoms with E-state index in [1.54, 1.807) is 36.4 Å². The van der Waals surface area contributed by atoms with Crippen LogP contribution in [0.4, 0.5) is 0 Å². The van der Waals surface area contributed by atoms with Gasteiger partial charge < -0.3 is 24.2 Å². The Balaban J connectivity index is 1.56. The molecule has 2 aromatic heterocycles. The number of nitrogens with one attached hydrogen (secondary N) is 2. The van der Waals surface area contributed by atoms with Gasteiger partial charge in [0.2, 0.25) is 0 Å². The van der Waals surface area contributed by atoms with Crippen molar-refractivity contribution in [2.75, 3.05) is 19.8 Å². The highest BCUT2D eigenvalue weighted by Crippen LogP contribution is 2.17. The second kappa shape index (κ2) is 9.45. The number of ether oxygens (including phenoxy) is 2. The number of benzene rings is 1. The lowest BCUT2D eigenvalue weighted by Crippen LogP contribution is -2.41. The monoisotopic (exact) mass is 399 g/mol. The van der Waals surface area contributed by atoms with E-state index < -0.39 is 17.2 Å². The number of hydrogen-bond acceptors (Lipinski definition) is 6. The van der Waals surface area contributed by atoms with Crippen molar-refractivity contribution in [1.82, 2.24) is 14.9 Å². The Labute approximate surface area is 165 Å². The summed E-state index contributed by atoms with van der Waals surface area (Å²) in [5.74, 6) is 1.21. The Kier molecular flexibility index (Phi) is 6.51. The van der Waals surface area contributed by atoms with Crippen LogP contribution in [-0.2, 0) is 6.54 Å². The van der Waals surface area contributed by atoms with Crippen LogP contribution >= 0.6 is 0 Å². The standard InChI is InChI=1S/C20H21N3O6/c1-2-27-14-5-7-15(8-6-14)29-11-9-21-18(24)17-12-22-20(26)23(19(17)25)13-16-4-3-10-28-16/h3-8,10,12H,2,9,11,13H2,1H3,(H,21,24)(H,22,26). The first-order valence-corrected chi connectivity index (χ1v) is 9.07. The van der Waals surface area contributed by atoms with Crippen LogP contribution in [0.5, 0.6) is 11.5 Å². The summed E-state index contributed by atoms with van der Waals surface area (Å²) in [6.45, 7) is 2.82. The van der Waals surface area contributed by atoms with E-state index >= 15 is 0 Å². The average molecular weight is 399 g/mol. The molecule has 9 nitrogen and oxygen atoms in total. The molecule has 0 unspecified atom stereocenters. The van der Waals surface area contributed by atoms with Gasteiger partial charge >= 0.3 is 5.69 Å². The lowest BCUT2D eigenvalue weighted by atomic mass is 10.3. The molecule has 2 N–H and O–H groups in total. The van der Waals surface area contributed by atoms with E-state index in [2.05, 4.69) is 10.3 Å². The minimum Gasteiger partial charge on any atom is -0.494 e. The predicted octanol–water partition coefficient (Wildman–Crippen LogP) is 1.39. The lowest BCUT2D eigenvalue weighted by molar-refractivity contribution is 0.0944.